The molecule has 1 amide bonds. The molecule has 9 heteroatoms. The number of carbonyl (C=O) groups excluding carboxylic acids is 1. The highest BCUT2D eigenvalue weighted by Gasteiger charge is 2.18. The molecule has 0 aliphatic carbocycles. The molecule has 136 valence electrons. The average molecular weight is 368 g/mol. The van der Waals surface area contributed by atoms with Gasteiger partial charge in [0.1, 0.15) is 11.5 Å². The minimum atomic E-state index is -3.80. The first-order chi connectivity index (χ1) is 12.0. The first-order valence-electron chi connectivity index (χ1n) is 7.69. The van der Waals surface area contributed by atoms with E-state index >= 15 is 0 Å². The van der Waals surface area contributed by atoms with Gasteiger partial charge in [0, 0.05) is 0 Å². The van der Waals surface area contributed by atoms with Crippen molar-refractivity contribution >= 4 is 21.8 Å². The molecule has 8 nitrogen and oxygen atoms in total. The monoisotopic (exact) mass is 368 g/mol. The SMILES string of the molecule is CCOC(=O)Nc1cc(S(=O)(=O)NCc2ccco2)ccc1OCC. The Labute approximate surface area is 146 Å². The first kappa shape index (κ1) is 18.8. The van der Waals surface area contributed by atoms with E-state index in [1.807, 2.05) is 0 Å². The predicted molar refractivity (Wildman–Crippen MR) is 91.0 cm³/mol. The molecule has 0 saturated heterocycles. The summed E-state index contributed by atoms with van der Waals surface area (Å²) >= 11 is 0. The maximum atomic E-state index is 12.4. The highest BCUT2D eigenvalue weighted by atomic mass is 32.2. The molecule has 0 aliphatic rings. The average Bonchev–Trinajstić information content (AvgIpc) is 3.08. The van der Waals surface area contributed by atoms with Gasteiger partial charge in [-0.3, -0.25) is 5.32 Å². The lowest BCUT2D eigenvalue weighted by molar-refractivity contribution is 0.167. The van der Waals surface area contributed by atoms with Crippen LogP contribution in [0.1, 0.15) is 19.6 Å². The van der Waals surface area contributed by atoms with Crippen LogP contribution in [0.2, 0.25) is 0 Å². The summed E-state index contributed by atoms with van der Waals surface area (Å²) in [6.45, 7) is 4.02. The molecule has 0 aliphatic heterocycles. The lowest BCUT2D eigenvalue weighted by Crippen LogP contribution is -2.23. The van der Waals surface area contributed by atoms with Gasteiger partial charge < -0.3 is 13.9 Å². The molecule has 1 aromatic carbocycles. The van der Waals surface area contributed by atoms with Crippen LogP contribution in [0.5, 0.6) is 5.75 Å². The Morgan fingerprint density at radius 1 is 1.20 bits per heavy atom. The van der Waals surface area contributed by atoms with Gasteiger partial charge in [0.25, 0.3) is 0 Å². The molecule has 0 atom stereocenters. The zero-order chi connectivity index (χ0) is 18.3. The third kappa shape index (κ3) is 5.23. The van der Waals surface area contributed by atoms with Crippen molar-refractivity contribution in [3.63, 3.8) is 0 Å². The Balaban J connectivity index is 2.22. The fourth-order valence-electron chi connectivity index (χ4n) is 2.00. The molecule has 25 heavy (non-hydrogen) atoms. The number of nitrogens with one attached hydrogen (secondary N) is 2. The molecule has 0 saturated carbocycles. The number of sulfonamides is 1. The standard InChI is InChI=1S/C16H20N2O6S/c1-3-22-15-8-7-13(10-14(15)18-16(19)23-4-2)25(20,21)17-11-12-6-5-9-24-12/h5-10,17H,3-4,11H2,1-2H3,(H,18,19). The highest BCUT2D eigenvalue weighted by molar-refractivity contribution is 7.89. The zero-order valence-electron chi connectivity index (χ0n) is 13.9. The van der Waals surface area contributed by atoms with Crippen LogP contribution in [0.3, 0.4) is 0 Å². The first-order valence-corrected chi connectivity index (χ1v) is 9.17. The summed E-state index contributed by atoms with van der Waals surface area (Å²) in [5.74, 6) is 0.833. The minimum Gasteiger partial charge on any atom is -0.492 e. The van der Waals surface area contributed by atoms with Crippen LogP contribution in [0.15, 0.2) is 45.9 Å². The van der Waals surface area contributed by atoms with Crippen LogP contribution in [-0.4, -0.2) is 27.7 Å². The zero-order valence-corrected chi connectivity index (χ0v) is 14.8. The molecule has 2 rings (SSSR count). The Kier molecular flexibility index (Phi) is 6.43. The van der Waals surface area contributed by atoms with Crippen LogP contribution in [-0.2, 0) is 21.3 Å². The van der Waals surface area contributed by atoms with Crippen molar-refractivity contribution in [3.05, 3.63) is 42.4 Å². The summed E-state index contributed by atoms with van der Waals surface area (Å²) in [4.78, 5) is 11.6. The van der Waals surface area contributed by atoms with Crippen LogP contribution in [0.25, 0.3) is 0 Å². The van der Waals surface area contributed by atoms with Crippen LogP contribution >= 0.6 is 0 Å². The summed E-state index contributed by atoms with van der Waals surface area (Å²) < 4.78 is 42.6. The molecule has 2 N–H and O–H groups in total. The number of furan rings is 1. The maximum Gasteiger partial charge on any atom is 0.411 e. The predicted octanol–water partition coefficient (Wildman–Crippen LogP) is 2.73. The van der Waals surface area contributed by atoms with Gasteiger partial charge in [-0.1, -0.05) is 0 Å². The van der Waals surface area contributed by atoms with Crippen molar-refractivity contribution in [2.75, 3.05) is 18.5 Å². The van der Waals surface area contributed by atoms with Crippen molar-refractivity contribution < 1.29 is 27.1 Å². The quantitative estimate of drug-likeness (QED) is 0.742. The van der Waals surface area contributed by atoms with E-state index in [9.17, 15) is 13.2 Å². The van der Waals surface area contributed by atoms with Gasteiger partial charge in [0.15, 0.2) is 0 Å². The molecule has 2 aromatic rings. The molecular weight excluding hydrogens is 348 g/mol. The summed E-state index contributed by atoms with van der Waals surface area (Å²) in [6, 6.07) is 7.51. The lowest BCUT2D eigenvalue weighted by atomic mass is 10.3. The summed E-state index contributed by atoms with van der Waals surface area (Å²) in [5.41, 5.74) is 0.209. The molecule has 0 radical (unpaired) electrons. The fraction of sp³-hybridized carbons (Fsp3) is 0.312. The van der Waals surface area contributed by atoms with Crippen LogP contribution in [0, 0.1) is 0 Å². The highest BCUT2D eigenvalue weighted by Crippen LogP contribution is 2.28. The molecule has 1 heterocycles. The molecule has 0 unspecified atom stereocenters. The Morgan fingerprint density at radius 2 is 2.00 bits per heavy atom. The Morgan fingerprint density at radius 3 is 2.64 bits per heavy atom. The van der Waals surface area contributed by atoms with E-state index in [0.717, 1.165) is 0 Å². The van der Waals surface area contributed by atoms with Gasteiger partial charge in [-0.2, -0.15) is 0 Å². The Hall–Kier alpha value is -2.52. The topological polar surface area (TPSA) is 107 Å². The number of benzene rings is 1. The number of anilines is 1. The largest absolute Gasteiger partial charge is 0.492 e. The molecule has 1 aromatic heterocycles. The summed E-state index contributed by atoms with van der Waals surface area (Å²) in [5, 5.41) is 2.48. The number of hydrogen-bond donors (Lipinski definition) is 2. The van der Waals surface area contributed by atoms with Crippen molar-refractivity contribution in [1.29, 1.82) is 0 Å². The number of rotatable bonds is 8. The molecule has 0 fully saturated rings. The fourth-order valence-corrected chi connectivity index (χ4v) is 3.01. The van der Waals surface area contributed by atoms with Crippen LogP contribution in [0.4, 0.5) is 10.5 Å². The summed E-state index contributed by atoms with van der Waals surface area (Å²) in [6.07, 6.45) is 0.767. The lowest BCUT2D eigenvalue weighted by Gasteiger charge is -2.13. The van der Waals surface area contributed by atoms with Gasteiger partial charge in [0.2, 0.25) is 10.0 Å². The van der Waals surface area contributed by atoms with Gasteiger partial charge >= 0.3 is 6.09 Å². The van der Waals surface area contributed by atoms with Gasteiger partial charge in [-0.05, 0) is 44.2 Å². The second kappa shape index (κ2) is 8.54. The Bertz CT molecular complexity index is 802. The third-order valence-corrected chi connectivity index (χ3v) is 4.49. The number of ether oxygens (including phenoxy) is 2. The minimum absolute atomic E-state index is 0.0170. The molecule has 0 bridgehead atoms. The molecular formula is C16H20N2O6S. The van der Waals surface area contributed by atoms with Crippen LogP contribution < -0.4 is 14.8 Å². The molecule has 0 spiro atoms. The van der Waals surface area contributed by atoms with E-state index in [-0.39, 0.29) is 23.7 Å². The van der Waals surface area contributed by atoms with E-state index in [0.29, 0.717) is 18.1 Å². The maximum absolute atomic E-state index is 12.4. The van der Waals surface area contributed by atoms with Crippen molar-refractivity contribution in [3.8, 4) is 5.75 Å². The smallest absolute Gasteiger partial charge is 0.411 e. The number of amides is 1. The number of carbonyl (C=O) groups is 1. The second-order valence-electron chi connectivity index (χ2n) is 4.84. The van der Waals surface area contributed by atoms with E-state index in [1.165, 1.54) is 24.5 Å². The van der Waals surface area contributed by atoms with Gasteiger partial charge in [-0.25, -0.2) is 17.9 Å². The summed E-state index contributed by atoms with van der Waals surface area (Å²) in [7, 11) is -3.80. The van der Waals surface area contributed by atoms with E-state index in [4.69, 9.17) is 13.9 Å². The van der Waals surface area contributed by atoms with E-state index in [2.05, 4.69) is 10.0 Å². The normalized spacial score (nSPS) is 11.1. The van der Waals surface area contributed by atoms with Gasteiger partial charge in [0.05, 0.1) is 36.6 Å². The van der Waals surface area contributed by atoms with Crippen molar-refractivity contribution in [2.45, 2.75) is 25.3 Å². The number of hydrogen-bond acceptors (Lipinski definition) is 6. The third-order valence-electron chi connectivity index (χ3n) is 3.09. The van der Waals surface area contributed by atoms with E-state index < -0.39 is 16.1 Å². The van der Waals surface area contributed by atoms with Gasteiger partial charge in [-0.15, -0.1) is 0 Å². The second-order valence-corrected chi connectivity index (χ2v) is 6.61. The van der Waals surface area contributed by atoms with Crippen molar-refractivity contribution in [1.82, 2.24) is 4.72 Å². The van der Waals surface area contributed by atoms with E-state index in [1.54, 1.807) is 26.0 Å². The van der Waals surface area contributed by atoms with Crippen molar-refractivity contribution in [2.24, 2.45) is 0 Å².